The molecule has 0 spiro atoms. The number of carbonyl (C=O) groups is 2. The summed E-state index contributed by atoms with van der Waals surface area (Å²) in [5.41, 5.74) is 0. The molecular weight excluding hydrogens is 959 g/mol. The van der Waals surface area contributed by atoms with Crippen molar-refractivity contribution < 1.29 is 24.5 Å². The average Bonchev–Trinajstić information content (AvgIpc) is 3.44. The monoisotopic (exact) mass is 1100 g/mol. The first-order valence-electron chi connectivity index (χ1n) is 35.9. The van der Waals surface area contributed by atoms with Gasteiger partial charge in [0.1, 0.15) is 0 Å². The van der Waals surface area contributed by atoms with Crippen molar-refractivity contribution in [2.75, 3.05) is 13.2 Å². The normalized spacial score (nSPS) is 12.5. The minimum Gasteiger partial charge on any atom is -0.466 e. The van der Waals surface area contributed by atoms with Crippen molar-refractivity contribution in [1.29, 1.82) is 0 Å². The summed E-state index contributed by atoms with van der Waals surface area (Å²) < 4.78 is 5.49. The summed E-state index contributed by atoms with van der Waals surface area (Å²) in [6, 6.07) is -0.540. The fourth-order valence-corrected chi connectivity index (χ4v) is 11.6. The molecule has 0 fully saturated rings. The summed E-state index contributed by atoms with van der Waals surface area (Å²) in [5.74, 6) is -0.0174. The van der Waals surface area contributed by atoms with Crippen LogP contribution in [0.15, 0.2) is 12.2 Å². The first-order valence-corrected chi connectivity index (χ1v) is 35.9. The first-order chi connectivity index (χ1) is 38.5. The van der Waals surface area contributed by atoms with Gasteiger partial charge in [0, 0.05) is 12.8 Å². The van der Waals surface area contributed by atoms with E-state index < -0.39 is 12.1 Å². The summed E-state index contributed by atoms with van der Waals surface area (Å²) in [5, 5.41) is 23.4. The number of carbonyl (C=O) groups excluding carboxylic acids is 2. The number of unbranched alkanes of at least 4 members (excludes halogenated alkanes) is 55. The highest BCUT2D eigenvalue weighted by Crippen LogP contribution is 2.19. The van der Waals surface area contributed by atoms with Gasteiger partial charge in [-0.2, -0.15) is 0 Å². The van der Waals surface area contributed by atoms with E-state index in [4.69, 9.17) is 4.74 Å². The van der Waals surface area contributed by atoms with Crippen LogP contribution in [-0.4, -0.2) is 47.4 Å². The number of allylic oxidation sites excluding steroid dienone is 2. The van der Waals surface area contributed by atoms with E-state index in [2.05, 4.69) is 31.3 Å². The quantitative estimate of drug-likeness (QED) is 0.0320. The van der Waals surface area contributed by atoms with Crippen LogP contribution in [0.4, 0.5) is 0 Å². The molecular formula is C72H141NO5. The van der Waals surface area contributed by atoms with Crippen molar-refractivity contribution in [2.24, 2.45) is 0 Å². The molecule has 0 aromatic heterocycles. The number of ether oxygens (including phenoxy) is 1. The molecule has 464 valence electrons. The fraction of sp³-hybridized carbons (Fsp3) is 0.944. The van der Waals surface area contributed by atoms with Crippen molar-refractivity contribution in [1.82, 2.24) is 5.32 Å². The number of hydrogen-bond acceptors (Lipinski definition) is 5. The number of aliphatic hydroxyl groups is 2. The third-order valence-electron chi connectivity index (χ3n) is 17.1. The van der Waals surface area contributed by atoms with E-state index in [0.717, 1.165) is 44.9 Å². The second-order valence-electron chi connectivity index (χ2n) is 24.9. The van der Waals surface area contributed by atoms with Crippen LogP contribution in [0.2, 0.25) is 0 Å². The third-order valence-corrected chi connectivity index (χ3v) is 17.1. The zero-order valence-electron chi connectivity index (χ0n) is 53.2. The van der Waals surface area contributed by atoms with E-state index in [1.807, 2.05) is 0 Å². The summed E-state index contributed by atoms with van der Waals surface area (Å²) in [6.45, 7) is 4.99. The predicted octanol–water partition coefficient (Wildman–Crippen LogP) is 23.1. The molecule has 0 aromatic rings. The van der Waals surface area contributed by atoms with Gasteiger partial charge in [0.25, 0.3) is 0 Å². The molecule has 0 radical (unpaired) electrons. The SMILES string of the molecule is CCCCCCCC/C=C\CCCCCCCC(=O)OCCCCCCCCCCCCCCCCCCCCCCCCCCCCC(=O)NC(CO)C(O)CCCCCCCCCCCCCCCCCCCCCC. The summed E-state index contributed by atoms with van der Waals surface area (Å²) in [4.78, 5) is 24.6. The summed E-state index contributed by atoms with van der Waals surface area (Å²) >= 11 is 0. The smallest absolute Gasteiger partial charge is 0.305 e. The van der Waals surface area contributed by atoms with Crippen LogP contribution in [0.25, 0.3) is 0 Å². The van der Waals surface area contributed by atoms with Gasteiger partial charge >= 0.3 is 5.97 Å². The number of esters is 1. The summed E-state index contributed by atoms with van der Waals surface area (Å²) in [7, 11) is 0. The zero-order chi connectivity index (χ0) is 56.4. The van der Waals surface area contributed by atoms with E-state index in [-0.39, 0.29) is 18.5 Å². The molecule has 6 nitrogen and oxygen atoms in total. The molecule has 0 saturated heterocycles. The maximum Gasteiger partial charge on any atom is 0.305 e. The van der Waals surface area contributed by atoms with Gasteiger partial charge in [-0.1, -0.05) is 360 Å². The zero-order valence-corrected chi connectivity index (χ0v) is 53.2. The molecule has 0 aromatic carbocycles. The van der Waals surface area contributed by atoms with Crippen LogP contribution in [-0.2, 0) is 14.3 Å². The first kappa shape index (κ1) is 76.6. The van der Waals surface area contributed by atoms with E-state index in [1.165, 1.54) is 334 Å². The second-order valence-corrected chi connectivity index (χ2v) is 24.9. The van der Waals surface area contributed by atoms with Crippen molar-refractivity contribution in [3.63, 3.8) is 0 Å². The molecule has 6 heteroatoms. The summed E-state index contributed by atoms with van der Waals surface area (Å²) in [6.07, 6.45) is 84.0. The molecule has 2 unspecified atom stereocenters. The lowest BCUT2D eigenvalue weighted by Crippen LogP contribution is -2.45. The van der Waals surface area contributed by atoms with Crippen LogP contribution in [0.5, 0.6) is 0 Å². The van der Waals surface area contributed by atoms with Gasteiger partial charge in [-0.05, 0) is 51.4 Å². The molecule has 3 N–H and O–H groups in total. The van der Waals surface area contributed by atoms with Crippen LogP contribution in [0.1, 0.15) is 412 Å². The lowest BCUT2D eigenvalue weighted by Gasteiger charge is -2.22. The van der Waals surface area contributed by atoms with E-state index >= 15 is 0 Å². The Morgan fingerprint density at radius 1 is 0.346 bits per heavy atom. The third kappa shape index (κ3) is 63.8. The Labute approximate surface area is 489 Å². The largest absolute Gasteiger partial charge is 0.466 e. The maximum absolute atomic E-state index is 12.5. The van der Waals surface area contributed by atoms with Gasteiger partial charge in [-0.3, -0.25) is 9.59 Å². The number of amides is 1. The Morgan fingerprint density at radius 2 is 0.603 bits per heavy atom. The van der Waals surface area contributed by atoms with Crippen LogP contribution >= 0.6 is 0 Å². The minimum atomic E-state index is -0.663. The second kappa shape index (κ2) is 68.1. The van der Waals surface area contributed by atoms with Crippen LogP contribution in [0, 0.1) is 0 Å². The molecule has 78 heavy (non-hydrogen) atoms. The van der Waals surface area contributed by atoms with Crippen molar-refractivity contribution in [3.05, 3.63) is 12.2 Å². The van der Waals surface area contributed by atoms with Gasteiger partial charge in [-0.25, -0.2) is 0 Å². The topological polar surface area (TPSA) is 95.9 Å². The van der Waals surface area contributed by atoms with Gasteiger partial charge in [0.2, 0.25) is 5.91 Å². The van der Waals surface area contributed by atoms with E-state index in [9.17, 15) is 19.8 Å². The standard InChI is InChI=1S/C72H141NO5/c1-3-5-7-9-11-13-15-17-19-20-21-30-33-37-40-44-48-52-56-60-64-70(75)69(68-74)73-71(76)65-61-57-53-49-45-41-38-34-31-28-26-24-22-23-25-27-29-32-35-39-43-47-51-55-59-63-67-78-72(77)66-62-58-54-50-46-42-36-18-16-14-12-10-8-6-4-2/h18,36,69-70,74-75H,3-17,19-35,37-68H2,1-2H3,(H,73,76)/b36-18-. The number of nitrogens with one attached hydrogen (secondary N) is 1. The fourth-order valence-electron chi connectivity index (χ4n) is 11.6. The Morgan fingerprint density at radius 3 is 0.910 bits per heavy atom. The van der Waals surface area contributed by atoms with Crippen LogP contribution < -0.4 is 5.32 Å². The lowest BCUT2D eigenvalue weighted by molar-refractivity contribution is -0.143. The van der Waals surface area contributed by atoms with E-state index in [0.29, 0.717) is 25.9 Å². The molecule has 0 aliphatic heterocycles. The molecule has 2 atom stereocenters. The maximum atomic E-state index is 12.5. The van der Waals surface area contributed by atoms with Crippen molar-refractivity contribution >= 4 is 11.9 Å². The van der Waals surface area contributed by atoms with Gasteiger partial charge in [-0.15, -0.1) is 0 Å². The molecule has 0 heterocycles. The Bertz CT molecular complexity index is 1180. The van der Waals surface area contributed by atoms with Crippen LogP contribution in [0.3, 0.4) is 0 Å². The molecule has 0 saturated carbocycles. The number of aliphatic hydroxyl groups excluding tert-OH is 2. The van der Waals surface area contributed by atoms with Crippen molar-refractivity contribution in [3.8, 4) is 0 Å². The number of rotatable bonds is 68. The van der Waals surface area contributed by atoms with Gasteiger partial charge in [0.05, 0.1) is 25.4 Å². The highest BCUT2D eigenvalue weighted by molar-refractivity contribution is 5.76. The molecule has 1 amide bonds. The number of hydrogen-bond donors (Lipinski definition) is 3. The molecule has 0 rings (SSSR count). The van der Waals surface area contributed by atoms with Gasteiger partial charge in [0.15, 0.2) is 0 Å². The Balaban J connectivity index is 3.35. The predicted molar refractivity (Wildman–Crippen MR) is 343 cm³/mol. The van der Waals surface area contributed by atoms with Crippen molar-refractivity contribution in [2.45, 2.75) is 424 Å². The Kier molecular flexibility index (Phi) is 66.9. The molecule has 0 aliphatic carbocycles. The highest BCUT2D eigenvalue weighted by atomic mass is 16.5. The Hall–Kier alpha value is -1.40. The average molecular weight is 1100 g/mol. The molecule has 0 aliphatic rings. The van der Waals surface area contributed by atoms with E-state index in [1.54, 1.807) is 0 Å². The lowest BCUT2D eigenvalue weighted by atomic mass is 10.0. The molecule has 0 bridgehead atoms. The van der Waals surface area contributed by atoms with Gasteiger partial charge < -0.3 is 20.3 Å². The minimum absolute atomic E-state index is 0.0105. The highest BCUT2D eigenvalue weighted by Gasteiger charge is 2.20.